The molecule has 0 radical (unpaired) electrons. The van der Waals surface area contributed by atoms with Crippen LogP contribution in [0.15, 0.2) is 36.5 Å². The van der Waals surface area contributed by atoms with Crippen LogP contribution in [0.1, 0.15) is 21.6 Å². The summed E-state index contributed by atoms with van der Waals surface area (Å²) in [7, 11) is 1.37. The van der Waals surface area contributed by atoms with Crippen LogP contribution in [0.4, 0.5) is 23.2 Å². The average Bonchev–Trinajstić information content (AvgIpc) is 2.75. The Kier molecular flexibility index (Phi) is 7.10. The molecule has 2 heterocycles. The van der Waals surface area contributed by atoms with Gasteiger partial charge in [-0.1, -0.05) is 0 Å². The summed E-state index contributed by atoms with van der Waals surface area (Å²) < 4.78 is 59.4. The molecule has 1 aliphatic rings. The normalized spacial score (nSPS) is 14.0. The molecule has 13 heteroatoms. The van der Waals surface area contributed by atoms with Gasteiger partial charge in [-0.3, -0.25) is 14.4 Å². The van der Waals surface area contributed by atoms with Crippen molar-refractivity contribution < 1.29 is 41.4 Å². The van der Waals surface area contributed by atoms with Crippen LogP contribution in [-0.2, 0) is 16.1 Å². The summed E-state index contributed by atoms with van der Waals surface area (Å²) in [6.45, 7) is -6.80. The van der Waals surface area contributed by atoms with E-state index in [4.69, 9.17) is 0 Å². The minimum atomic E-state index is -3.36. The van der Waals surface area contributed by atoms with Crippen molar-refractivity contribution in [2.75, 3.05) is 12.4 Å². The van der Waals surface area contributed by atoms with Gasteiger partial charge in [0.1, 0.15) is 0 Å². The van der Waals surface area contributed by atoms with Crippen molar-refractivity contribution in [3.63, 3.8) is 0 Å². The van der Waals surface area contributed by atoms with E-state index in [1.807, 2.05) is 0 Å². The van der Waals surface area contributed by atoms with E-state index in [1.165, 1.54) is 25.4 Å². The molecule has 0 aliphatic carbocycles. The van der Waals surface area contributed by atoms with Gasteiger partial charge in [0.25, 0.3) is 11.8 Å². The zero-order valence-corrected chi connectivity index (χ0v) is 16.8. The number of alkyl halides is 4. The van der Waals surface area contributed by atoms with E-state index in [1.54, 1.807) is 0 Å². The molecule has 1 aromatic carbocycles. The van der Waals surface area contributed by atoms with Gasteiger partial charge in [-0.25, -0.2) is 4.98 Å². The van der Waals surface area contributed by atoms with Crippen LogP contribution < -0.4 is 25.4 Å². The monoisotopic (exact) mass is 468 g/mol. The second-order valence-electron chi connectivity index (χ2n) is 6.42. The fraction of sp³-hybridized carbons (Fsp3) is 0.200. The summed E-state index contributed by atoms with van der Waals surface area (Å²) in [6, 6.07) is 4.80. The fourth-order valence-electron chi connectivity index (χ4n) is 3.02. The first kappa shape index (κ1) is 23.5. The maximum absolute atomic E-state index is 12.8. The standard InChI is InChI=1S/C20H16F4N4O5/c1-25-18(31)16-12(3-2-4-26-16)28-15(29)7-11-10-6-14(33-20(23)24)13(32-19(21)22)5-9(10)8-27-17(11)30/h2-7,19-20H,8H2,1H3,(H,25,31)(H,27,30)(H,28,29)/b11-7-. The van der Waals surface area contributed by atoms with Crippen molar-refractivity contribution in [3.8, 4) is 11.5 Å². The molecule has 33 heavy (non-hydrogen) atoms. The summed E-state index contributed by atoms with van der Waals surface area (Å²) in [6.07, 6.45) is 2.21. The van der Waals surface area contributed by atoms with Crippen molar-refractivity contribution in [2.45, 2.75) is 19.8 Å². The Labute approximate surface area is 183 Å². The molecule has 9 nitrogen and oxygen atoms in total. The number of nitrogens with zero attached hydrogens (tertiary/aromatic N) is 1. The third-order valence-electron chi connectivity index (χ3n) is 4.36. The third-order valence-corrected chi connectivity index (χ3v) is 4.36. The van der Waals surface area contributed by atoms with Crippen LogP contribution in [0.3, 0.4) is 0 Å². The molecule has 2 aromatic rings. The molecule has 0 bridgehead atoms. The highest BCUT2D eigenvalue weighted by molar-refractivity contribution is 6.26. The Bertz CT molecular complexity index is 1120. The summed E-state index contributed by atoms with van der Waals surface area (Å²) in [5, 5.41) is 7.22. The van der Waals surface area contributed by atoms with E-state index in [2.05, 4.69) is 30.4 Å². The molecular formula is C20H16F4N4O5. The smallest absolute Gasteiger partial charge is 0.387 e. The van der Waals surface area contributed by atoms with E-state index < -0.39 is 42.4 Å². The van der Waals surface area contributed by atoms with Crippen molar-refractivity contribution in [3.05, 3.63) is 53.4 Å². The summed E-state index contributed by atoms with van der Waals surface area (Å²) in [5.74, 6) is -3.52. The van der Waals surface area contributed by atoms with Crippen LogP contribution in [0.5, 0.6) is 11.5 Å². The number of hydrogen-bond acceptors (Lipinski definition) is 6. The molecule has 3 N–H and O–H groups in total. The highest BCUT2D eigenvalue weighted by Gasteiger charge is 2.27. The average molecular weight is 468 g/mol. The Balaban J connectivity index is 1.99. The zero-order chi connectivity index (χ0) is 24.1. The van der Waals surface area contributed by atoms with Gasteiger partial charge in [0.2, 0.25) is 5.91 Å². The van der Waals surface area contributed by atoms with E-state index in [0.29, 0.717) is 0 Å². The van der Waals surface area contributed by atoms with Gasteiger partial charge in [-0.15, -0.1) is 0 Å². The van der Waals surface area contributed by atoms with Gasteiger partial charge >= 0.3 is 13.2 Å². The van der Waals surface area contributed by atoms with Gasteiger partial charge in [0.15, 0.2) is 17.2 Å². The summed E-state index contributed by atoms with van der Waals surface area (Å²) >= 11 is 0. The molecule has 1 aliphatic heterocycles. The van der Waals surface area contributed by atoms with Crippen LogP contribution in [0.25, 0.3) is 5.57 Å². The number of carbonyl (C=O) groups is 3. The fourth-order valence-corrected chi connectivity index (χ4v) is 3.02. The van der Waals surface area contributed by atoms with Gasteiger partial charge in [0.05, 0.1) is 11.3 Å². The topological polar surface area (TPSA) is 119 Å². The van der Waals surface area contributed by atoms with Gasteiger partial charge in [-0.2, -0.15) is 17.6 Å². The number of halogens is 4. The van der Waals surface area contributed by atoms with Crippen molar-refractivity contribution in [2.24, 2.45) is 0 Å². The van der Waals surface area contributed by atoms with E-state index in [-0.39, 0.29) is 34.6 Å². The number of carbonyl (C=O) groups excluding carboxylic acids is 3. The molecule has 0 saturated carbocycles. The number of rotatable bonds is 7. The number of pyridine rings is 1. The molecule has 3 amide bonds. The maximum atomic E-state index is 12.8. The van der Waals surface area contributed by atoms with Gasteiger partial charge in [-0.05, 0) is 35.4 Å². The molecule has 0 unspecified atom stereocenters. The first-order chi connectivity index (χ1) is 15.7. The van der Waals surface area contributed by atoms with Crippen molar-refractivity contribution in [1.82, 2.24) is 15.6 Å². The molecular weight excluding hydrogens is 452 g/mol. The summed E-state index contributed by atoms with van der Waals surface area (Å²) in [5.41, 5.74) is -0.0525. The number of benzene rings is 1. The second-order valence-corrected chi connectivity index (χ2v) is 6.42. The first-order valence-corrected chi connectivity index (χ1v) is 9.24. The summed E-state index contributed by atoms with van der Waals surface area (Å²) in [4.78, 5) is 40.8. The van der Waals surface area contributed by atoms with Gasteiger partial charge < -0.3 is 25.4 Å². The molecule has 3 rings (SSSR count). The van der Waals surface area contributed by atoms with Gasteiger partial charge in [0, 0.05) is 25.9 Å². The minimum absolute atomic E-state index is 0.00359. The molecule has 1 aromatic heterocycles. The highest BCUT2D eigenvalue weighted by atomic mass is 19.3. The lowest BCUT2D eigenvalue weighted by Gasteiger charge is -2.22. The molecule has 174 valence electrons. The number of nitrogens with one attached hydrogen (secondary N) is 3. The predicted octanol–water partition coefficient (Wildman–Crippen LogP) is 2.30. The third kappa shape index (κ3) is 5.56. The van der Waals surface area contributed by atoms with E-state index in [0.717, 1.165) is 18.2 Å². The van der Waals surface area contributed by atoms with Crippen LogP contribution in [-0.4, -0.2) is 43.0 Å². The number of amides is 3. The molecule has 0 spiro atoms. The van der Waals surface area contributed by atoms with Crippen molar-refractivity contribution >= 4 is 29.0 Å². The number of aromatic nitrogens is 1. The zero-order valence-electron chi connectivity index (χ0n) is 16.8. The largest absolute Gasteiger partial charge is 0.431 e. The predicted molar refractivity (Wildman–Crippen MR) is 106 cm³/mol. The SMILES string of the molecule is CNC(=O)c1ncccc1NC(=O)/C=C1\C(=O)NCc2cc(OC(F)F)c(OC(F)F)cc21. The van der Waals surface area contributed by atoms with Crippen LogP contribution in [0, 0.1) is 0 Å². The minimum Gasteiger partial charge on any atom is -0.431 e. The molecule has 0 atom stereocenters. The van der Waals surface area contributed by atoms with Crippen LogP contribution >= 0.6 is 0 Å². The number of fused-ring (bicyclic) bond motifs is 1. The molecule has 0 saturated heterocycles. The highest BCUT2D eigenvalue weighted by Crippen LogP contribution is 2.37. The Morgan fingerprint density at radius 2 is 1.82 bits per heavy atom. The Morgan fingerprint density at radius 3 is 2.45 bits per heavy atom. The Morgan fingerprint density at radius 1 is 1.15 bits per heavy atom. The van der Waals surface area contributed by atoms with Crippen molar-refractivity contribution in [1.29, 1.82) is 0 Å². The van der Waals surface area contributed by atoms with Crippen LogP contribution in [0.2, 0.25) is 0 Å². The van der Waals surface area contributed by atoms with E-state index in [9.17, 15) is 31.9 Å². The first-order valence-electron chi connectivity index (χ1n) is 9.24. The maximum Gasteiger partial charge on any atom is 0.387 e. The lowest BCUT2D eigenvalue weighted by atomic mass is 9.94. The lowest BCUT2D eigenvalue weighted by Crippen LogP contribution is -2.30. The Hall–Kier alpha value is -4.16. The quantitative estimate of drug-likeness (QED) is 0.424. The number of anilines is 1. The lowest BCUT2D eigenvalue weighted by molar-refractivity contribution is -0.116. The number of hydrogen-bond donors (Lipinski definition) is 3. The number of ether oxygens (including phenoxy) is 2. The second kappa shape index (κ2) is 9.97. The van der Waals surface area contributed by atoms with E-state index >= 15 is 0 Å². The molecule has 0 fully saturated rings.